The van der Waals surface area contributed by atoms with E-state index >= 15 is 0 Å². The number of nitrogens with two attached hydrogens (primary N) is 1. The highest BCUT2D eigenvalue weighted by Crippen LogP contribution is 2.42. The fourth-order valence-corrected chi connectivity index (χ4v) is 2.75. The second-order valence-corrected chi connectivity index (χ2v) is 4.77. The van der Waals surface area contributed by atoms with Crippen LogP contribution in [0.15, 0.2) is 35.5 Å². The minimum absolute atomic E-state index is 0.405. The van der Waals surface area contributed by atoms with Crippen LogP contribution >= 0.6 is 0 Å². The molecule has 1 heterocycles. The third-order valence-corrected chi connectivity index (χ3v) is 3.76. The van der Waals surface area contributed by atoms with E-state index in [1.165, 1.54) is 16.8 Å². The van der Waals surface area contributed by atoms with E-state index in [0.29, 0.717) is 12.0 Å². The van der Waals surface area contributed by atoms with Gasteiger partial charge in [-0.25, -0.2) is 0 Å². The van der Waals surface area contributed by atoms with Crippen LogP contribution in [0.1, 0.15) is 32.3 Å². The minimum atomic E-state index is 0.405. The smallest absolute Gasteiger partial charge is 0.0582 e. The molecule has 2 atom stereocenters. The monoisotopic (exact) mass is 216 g/mol. The van der Waals surface area contributed by atoms with Crippen LogP contribution in [0, 0.1) is 0 Å². The van der Waals surface area contributed by atoms with Crippen LogP contribution in [-0.2, 0) is 0 Å². The van der Waals surface area contributed by atoms with E-state index in [1.54, 1.807) is 0 Å². The van der Waals surface area contributed by atoms with E-state index in [-0.39, 0.29) is 0 Å². The number of hydrogen-bond acceptors (Lipinski definition) is 2. The summed E-state index contributed by atoms with van der Waals surface area (Å²) in [7, 11) is 2.15. The molecular weight excluding hydrogens is 196 g/mol. The van der Waals surface area contributed by atoms with Gasteiger partial charge in [-0.05, 0) is 31.1 Å². The molecule has 16 heavy (non-hydrogen) atoms. The highest BCUT2D eigenvalue weighted by atomic mass is 15.2. The Morgan fingerprint density at radius 1 is 1.25 bits per heavy atom. The molecule has 2 N–H and O–H groups in total. The Labute approximate surface area is 97.8 Å². The van der Waals surface area contributed by atoms with Crippen molar-refractivity contribution in [2.75, 3.05) is 11.9 Å². The molecule has 0 fully saturated rings. The summed E-state index contributed by atoms with van der Waals surface area (Å²) in [6, 6.07) is 9.02. The number of allylic oxidation sites excluding steroid dienone is 1. The molecule has 0 saturated heterocycles. The largest absolute Gasteiger partial charge is 0.402 e. The molecule has 0 aromatic heterocycles. The van der Waals surface area contributed by atoms with E-state index in [9.17, 15) is 0 Å². The van der Waals surface area contributed by atoms with Gasteiger partial charge in [-0.15, -0.1) is 0 Å². The van der Waals surface area contributed by atoms with Gasteiger partial charge in [-0.1, -0.05) is 25.1 Å². The summed E-state index contributed by atoms with van der Waals surface area (Å²) in [5, 5.41) is 0. The Balaban J connectivity index is 2.46. The molecule has 1 aliphatic rings. The molecular formula is C14H20N2. The van der Waals surface area contributed by atoms with E-state index in [1.807, 2.05) is 6.92 Å². The molecule has 2 unspecified atom stereocenters. The normalized spacial score (nSPS) is 25.4. The molecule has 1 aromatic rings. The lowest BCUT2D eigenvalue weighted by molar-refractivity contribution is 0.642. The fourth-order valence-electron chi connectivity index (χ4n) is 2.75. The lowest BCUT2D eigenvalue weighted by atomic mass is 9.92. The number of anilines is 1. The number of rotatable bonds is 1. The predicted octanol–water partition coefficient (Wildman–Crippen LogP) is 2.86. The van der Waals surface area contributed by atoms with Gasteiger partial charge < -0.3 is 10.6 Å². The first-order valence-electron chi connectivity index (χ1n) is 5.78. The highest BCUT2D eigenvalue weighted by molar-refractivity contribution is 5.63. The molecule has 2 nitrogen and oxygen atoms in total. The van der Waals surface area contributed by atoms with Gasteiger partial charge >= 0.3 is 0 Å². The van der Waals surface area contributed by atoms with E-state index in [2.05, 4.69) is 50.1 Å². The third kappa shape index (κ3) is 1.49. The fraction of sp³-hybridized carbons (Fsp3) is 0.429. The summed E-state index contributed by atoms with van der Waals surface area (Å²) < 4.78 is 0. The topological polar surface area (TPSA) is 29.3 Å². The van der Waals surface area contributed by atoms with Crippen molar-refractivity contribution in [1.29, 1.82) is 0 Å². The summed E-state index contributed by atoms with van der Waals surface area (Å²) in [6.07, 6.45) is 0. The standard InChI is InChI=1S/C14H20N2/c1-9(11(3)15)14-10(2)12-7-5-6-8-13(12)16(14)4/h5-8,10,14H,15H2,1-4H3/b11-9-. The Morgan fingerprint density at radius 3 is 2.44 bits per heavy atom. The number of nitrogens with zero attached hydrogens (tertiary/aromatic N) is 1. The molecule has 0 bridgehead atoms. The third-order valence-electron chi connectivity index (χ3n) is 3.76. The second-order valence-electron chi connectivity index (χ2n) is 4.77. The molecule has 2 heteroatoms. The van der Waals surface area contributed by atoms with Gasteiger partial charge in [-0.2, -0.15) is 0 Å². The SMILES string of the molecule is C/C(N)=C(\C)C1C(C)c2ccccc2N1C. The zero-order valence-corrected chi connectivity index (χ0v) is 10.5. The Bertz CT molecular complexity index is 401. The maximum atomic E-state index is 5.93. The Hall–Kier alpha value is -1.44. The van der Waals surface area contributed by atoms with Gasteiger partial charge in [0.2, 0.25) is 0 Å². The summed E-state index contributed by atoms with van der Waals surface area (Å²) in [6.45, 7) is 6.40. The van der Waals surface area contributed by atoms with Crippen molar-refractivity contribution in [3.63, 3.8) is 0 Å². The molecule has 0 amide bonds. The van der Waals surface area contributed by atoms with Gasteiger partial charge in [0.05, 0.1) is 6.04 Å². The maximum absolute atomic E-state index is 5.93. The molecule has 0 aliphatic carbocycles. The minimum Gasteiger partial charge on any atom is -0.402 e. The van der Waals surface area contributed by atoms with Crippen molar-refractivity contribution in [3.05, 3.63) is 41.1 Å². The first-order chi connectivity index (χ1) is 7.54. The van der Waals surface area contributed by atoms with Crippen molar-refractivity contribution < 1.29 is 0 Å². The van der Waals surface area contributed by atoms with Crippen LogP contribution < -0.4 is 10.6 Å². The van der Waals surface area contributed by atoms with Crippen molar-refractivity contribution in [1.82, 2.24) is 0 Å². The molecule has 0 radical (unpaired) electrons. The van der Waals surface area contributed by atoms with Crippen LogP contribution in [0.4, 0.5) is 5.69 Å². The van der Waals surface area contributed by atoms with Crippen LogP contribution in [0.3, 0.4) is 0 Å². The van der Waals surface area contributed by atoms with E-state index in [0.717, 1.165) is 5.70 Å². The zero-order valence-electron chi connectivity index (χ0n) is 10.5. The van der Waals surface area contributed by atoms with Crippen molar-refractivity contribution in [2.45, 2.75) is 32.7 Å². The van der Waals surface area contributed by atoms with Gasteiger partial charge in [0.15, 0.2) is 0 Å². The number of para-hydroxylation sites is 1. The first kappa shape index (κ1) is 11.1. The summed E-state index contributed by atoms with van der Waals surface area (Å²) in [5.41, 5.74) is 10.9. The lowest BCUT2D eigenvalue weighted by Crippen LogP contribution is -2.32. The maximum Gasteiger partial charge on any atom is 0.0582 e. The Morgan fingerprint density at radius 2 is 1.88 bits per heavy atom. The van der Waals surface area contributed by atoms with Crippen molar-refractivity contribution in [2.24, 2.45) is 5.73 Å². The van der Waals surface area contributed by atoms with Crippen LogP contribution in [-0.4, -0.2) is 13.1 Å². The second kappa shape index (κ2) is 3.85. The summed E-state index contributed by atoms with van der Waals surface area (Å²) >= 11 is 0. The van der Waals surface area contributed by atoms with Gasteiger partial charge in [0.1, 0.15) is 0 Å². The summed E-state index contributed by atoms with van der Waals surface area (Å²) in [4.78, 5) is 2.34. The molecule has 0 spiro atoms. The molecule has 1 aromatic carbocycles. The number of benzene rings is 1. The van der Waals surface area contributed by atoms with Crippen LogP contribution in [0.25, 0.3) is 0 Å². The van der Waals surface area contributed by atoms with Gasteiger partial charge in [0.25, 0.3) is 0 Å². The summed E-state index contributed by atoms with van der Waals surface area (Å²) in [5.74, 6) is 0.514. The number of fused-ring (bicyclic) bond motifs is 1. The average molecular weight is 216 g/mol. The number of likely N-dealkylation sites (N-methyl/N-ethyl adjacent to an activating group) is 1. The predicted molar refractivity (Wildman–Crippen MR) is 69.6 cm³/mol. The lowest BCUT2D eigenvalue weighted by Gasteiger charge is -2.27. The quantitative estimate of drug-likeness (QED) is 0.782. The van der Waals surface area contributed by atoms with Crippen molar-refractivity contribution >= 4 is 5.69 Å². The van der Waals surface area contributed by atoms with Gasteiger partial charge in [0, 0.05) is 24.4 Å². The van der Waals surface area contributed by atoms with E-state index < -0.39 is 0 Å². The number of hydrogen-bond donors (Lipinski definition) is 1. The highest BCUT2D eigenvalue weighted by Gasteiger charge is 2.34. The molecule has 0 saturated carbocycles. The molecule has 2 rings (SSSR count). The zero-order chi connectivity index (χ0) is 11.9. The van der Waals surface area contributed by atoms with Crippen LogP contribution in [0.2, 0.25) is 0 Å². The van der Waals surface area contributed by atoms with E-state index in [4.69, 9.17) is 5.73 Å². The molecule has 1 aliphatic heterocycles. The average Bonchev–Trinajstić information content (AvgIpc) is 2.52. The van der Waals surface area contributed by atoms with Crippen molar-refractivity contribution in [3.8, 4) is 0 Å². The van der Waals surface area contributed by atoms with Gasteiger partial charge in [-0.3, -0.25) is 0 Å². The first-order valence-corrected chi connectivity index (χ1v) is 5.78. The van der Waals surface area contributed by atoms with Crippen LogP contribution in [0.5, 0.6) is 0 Å². The Kier molecular flexibility index (Phi) is 2.66. The molecule has 86 valence electrons.